The van der Waals surface area contributed by atoms with E-state index >= 15 is 0 Å². The van der Waals surface area contributed by atoms with E-state index in [0.29, 0.717) is 6.04 Å². The average Bonchev–Trinajstić information content (AvgIpc) is 3.23. The lowest BCUT2D eigenvalue weighted by Gasteiger charge is -2.20. The van der Waals surface area contributed by atoms with Gasteiger partial charge in [0.1, 0.15) is 5.82 Å². The molecule has 0 bridgehead atoms. The second-order valence-electron chi connectivity index (χ2n) is 5.92. The Hall–Kier alpha value is -1.19. The third-order valence-corrected chi connectivity index (χ3v) is 4.17. The van der Waals surface area contributed by atoms with Crippen LogP contribution < -0.4 is 11.1 Å². The number of rotatable bonds is 6. The molecule has 0 spiro atoms. The molecule has 0 unspecified atom stereocenters. The summed E-state index contributed by atoms with van der Waals surface area (Å²) in [4.78, 5) is 0. The number of nitrogens with two attached hydrogens (primary N) is 1. The summed E-state index contributed by atoms with van der Waals surface area (Å²) in [5, 5.41) is 8.26. The maximum Gasteiger partial charge on any atom is 0.148 e. The summed E-state index contributed by atoms with van der Waals surface area (Å²) in [5.74, 6) is 2.82. The highest BCUT2D eigenvalue weighted by Crippen LogP contribution is 2.46. The molecule has 0 aromatic carbocycles. The van der Waals surface area contributed by atoms with Crippen LogP contribution in [0.15, 0.2) is 0 Å². The van der Waals surface area contributed by atoms with Crippen LogP contribution in [0, 0.1) is 18.8 Å². The van der Waals surface area contributed by atoms with Crippen molar-refractivity contribution in [1.29, 1.82) is 0 Å². The van der Waals surface area contributed by atoms with Gasteiger partial charge in [-0.05, 0) is 50.9 Å². The van der Waals surface area contributed by atoms with E-state index < -0.39 is 0 Å². The first-order valence-corrected chi connectivity index (χ1v) is 7.30. The molecule has 2 fully saturated rings. The predicted molar refractivity (Wildman–Crippen MR) is 74.5 cm³/mol. The van der Waals surface area contributed by atoms with Gasteiger partial charge in [0.05, 0.1) is 11.4 Å². The van der Waals surface area contributed by atoms with E-state index in [1.807, 2.05) is 6.92 Å². The number of nitrogens with one attached hydrogen (secondary N) is 1. The lowest BCUT2D eigenvalue weighted by Crippen LogP contribution is -2.26. The molecule has 4 heteroatoms. The van der Waals surface area contributed by atoms with Crippen molar-refractivity contribution in [3.05, 3.63) is 5.69 Å². The quantitative estimate of drug-likeness (QED) is 0.814. The fourth-order valence-corrected chi connectivity index (χ4v) is 2.81. The van der Waals surface area contributed by atoms with Crippen molar-refractivity contribution in [2.45, 2.75) is 58.5 Å². The number of nitrogen functional groups attached to an aromatic ring is 1. The van der Waals surface area contributed by atoms with Crippen molar-refractivity contribution in [2.24, 2.45) is 11.8 Å². The topological polar surface area (TPSA) is 55.9 Å². The van der Waals surface area contributed by atoms with Crippen molar-refractivity contribution < 1.29 is 0 Å². The fraction of sp³-hybridized carbons (Fsp3) is 0.786. The summed E-state index contributed by atoms with van der Waals surface area (Å²) in [6, 6.07) is 0.638. The van der Waals surface area contributed by atoms with Crippen LogP contribution in [0.3, 0.4) is 0 Å². The Morgan fingerprint density at radius 2 is 1.94 bits per heavy atom. The lowest BCUT2D eigenvalue weighted by atomic mass is 10.1. The minimum Gasteiger partial charge on any atom is -0.394 e. The van der Waals surface area contributed by atoms with Crippen LogP contribution in [-0.4, -0.2) is 15.8 Å². The maximum atomic E-state index is 6.18. The Kier molecular flexibility index (Phi) is 2.96. The van der Waals surface area contributed by atoms with Crippen molar-refractivity contribution in [1.82, 2.24) is 9.78 Å². The van der Waals surface area contributed by atoms with E-state index in [2.05, 4.69) is 22.0 Å². The van der Waals surface area contributed by atoms with Crippen molar-refractivity contribution in [2.75, 3.05) is 11.1 Å². The number of nitrogens with zero attached hydrogens (tertiary/aromatic N) is 2. The maximum absolute atomic E-state index is 6.18. The molecule has 0 amide bonds. The molecule has 0 radical (unpaired) electrons. The number of aryl methyl sites for hydroxylation is 2. The second-order valence-corrected chi connectivity index (χ2v) is 5.92. The highest BCUT2D eigenvalue weighted by atomic mass is 15.3. The van der Waals surface area contributed by atoms with Crippen LogP contribution in [0.4, 0.5) is 11.5 Å². The van der Waals surface area contributed by atoms with Crippen molar-refractivity contribution in [3.8, 4) is 0 Å². The van der Waals surface area contributed by atoms with Crippen LogP contribution in [0.1, 0.15) is 44.7 Å². The van der Waals surface area contributed by atoms with E-state index in [0.717, 1.165) is 42.0 Å². The van der Waals surface area contributed by atoms with Crippen LogP contribution in [0.2, 0.25) is 0 Å². The van der Waals surface area contributed by atoms with E-state index in [1.165, 1.54) is 25.7 Å². The molecule has 1 aromatic heterocycles. The molecule has 2 saturated carbocycles. The van der Waals surface area contributed by atoms with E-state index in [4.69, 9.17) is 5.73 Å². The molecule has 4 nitrogen and oxygen atoms in total. The minimum atomic E-state index is 0.638. The number of aromatic nitrogens is 2. The summed E-state index contributed by atoms with van der Waals surface area (Å²) in [5.41, 5.74) is 7.97. The van der Waals surface area contributed by atoms with Gasteiger partial charge in [0, 0.05) is 12.6 Å². The molecule has 0 aliphatic heterocycles. The van der Waals surface area contributed by atoms with Gasteiger partial charge < -0.3 is 11.1 Å². The monoisotopic (exact) mass is 248 g/mol. The standard InChI is InChI=1S/C14H24N4/c1-3-8-18-14(12(15)9(2)17-18)16-13(10-4-5-10)11-6-7-11/h10-11,13,16H,3-8,15H2,1-2H3. The number of anilines is 2. The van der Waals surface area contributed by atoms with Crippen LogP contribution >= 0.6 is 0 Å². The molecular formula is C14H24N4. The van der Waals surface area contributed by atoms with E-state index in [-0.39, 0.29) is 0 Å². The molecule has 0 atom stereocenters. The van der Waals surface area contributed by atoms with Gasteiger partial charge in [0.15, 0.2) is 0 Å². The Bertz CT molecular complexity index is 417. The van der Waals surface area contributed by atoms with Gasteiger partial charge >= 0.3 is 0 Å². The highest BCUT2D eigenvalue weighted by molar-refractivity contribution is 5.65. The Morgan fingerprint density at radius 1 is 1.33 bits per heavy atom. The summed E-state index contributed by atoms with van der Waals surface area (Å²) in [6.45, 7) is 5.12. The Labute approximate surface area is 109 Å². The minimum absolute atomic E-state index is 0.638. The van der Waals surface area contributed by atoms with Gasteiger partial charge in [0.25, 0.3) is 0 Å². The van der Waals surface area contributed by atoms with Crippen molar-refractivity contribution >= 4 is 11.5 Å². The number of hydrogen-bond donors (Lipinski definition) is 2. The first kappa shape index (κ1) is 11.9. The van der Waals surface area contributed by atoms with Crippen LogP contribution in [-0.2, 0) is 6.54 Å². The van der Waals surface area contributed by atoms with Gasteiger partial charge in [-0.25, -0.2) is 4.68 Å². The molecule has 100 valence electrons. The Morgan fingerprint density at radius 3 is 2.44 bits per heavy atom. The summed E-state index contributed by atoms with van der Waals surface area (Å²) >= 11 is 0. The summed E-state index contributed by atoms with van der Waals surface area (Å²) < 4.78 is 2.06. The molecular weight excluding hydrogens is 224 g/mol. The summed E-state index contributed by atoms with van der Waals surface area (Å²) in [6.07, 6.45) is 6.63. The van der Waals surface area contributed by atoms with Crippen LogP contribution in [0.5, 0.6) is 0 Å². The zero-order valence-electron chi connectivity index (χ0n) is 11.4. The van der Waals surface area contributed by atoms with Crippen molar-refractivity contribution in [3.63, 3.8) is 0 Å². The van der Waals surface area contributed by atoms with Gasteiger partial charge in [-0.3, -0.25) is 0 Å². The molecule has 2 aliphatic rings. The van der Waals surface area contributed by atoms with Gasteiger partial charge in [0.2, 0.25) is 0 Å². The smallest absolute Gasteiger partial charge is 0.148 e. The molecule has 1 aromatic rings. The predicted octanol–water partition coefficient (Wildman–Crippen LogP) is 2.78. The van der Waals surface area contributed by atoms with Gasteiger partial charge in [-0.2, -0.15) is 5.10 Å². The van der Waals surface area contributed by atoms with E-state index in [9.17, 15) is 0 Å². The zero-order chi connectivity index (χ0) is 12.7. The van der Waals surface area contributed by atoms with Crippen LogP contribution in [0.25, 0.3) is 0 Å². The zero-order valence-corrected chi connectivity index (χ0v) is 11.4. The Balaban J connectivity index is 1.81. The lowest BCUT2D eigenvalue weighted by molar-refractivity contribution is 0.545. The largest absolute Gasteiger partial charge is 0.394 e. The highest BCUT2D eigenvalue weighted by Gasteiger charge is 2.42. The first-order valence-electron chi connectivity index (χ1n) is 7.30. The van der Waals surface area contributed by atoms with Gasteiger partial charge in [-0.15, -0.1) is 0 Å². The molecule has 3 rings (SSSR count). The summed E-state index contributed by atoms with van der Waals surface area (Å²) in [7, 11) is 0. The molecule has 3 N–H and O–H groups in total. The molecule has 0 saturated heterocycles. The van der Waals surface area contributed by atoms with E-state index in [1.54, 1.807) is 0 Å². The molecule has 18 heavy (non-hydrogen) atoms. The fourth-order valence-electron chi connectivity index (χ4n) is 2.81. The first-order chi connectivity index (χ1) is 8.70. The average molecular weight is 248 g/mol. The number of hydrogen-bond acceptors (Lipinski definition) is 3. The third-order valence-electron chi connectivity index (χ3n) is 4.17. The van der Waals surface area contributed by atoms with Gasteiger partial charge in [-0.1, -0.05) is 6.92 Å². The second kappa shape index (κ2) is 4.48. The normalized spacial score (nSPS) is 19.5. The third kappa shape index (κ3) is 2.20. The molecule has 1 heterocycles. The molecule has 2 aliphatic carbocycles. The SMILES string of the molecule is CCCn1nc(C)c(N)c1NC(C1CC1)C1CC1.